The molecule has 0 aliphatic carbocycles. The number of fused-ring (bicyclic) bond motifs is 13. The molecule has 326 valence electrons. The van der Waals surface area contributed by atoms with Crippen molar-refractivity contribution in [2.24, 2.45) is 0 Å². The van der Waals surface area contributed by atoms with Crippen molar-refractivity contribution >= 4 is 97.2 Å². The monoisotopic (exact) mass is 912 g/mol. The molecule has 0 aliphatic rings. The normalized spacial score (nSPS) is 12.0. The molecule has 0 spiro atoms. The highest BCUT2D eigenvalue weighted by molar-refractivity contribution is 7.26. The molecule has 7 heteroatoms. The van der Waals surface area contributed by atoms with Crippen molar-refractivity contribution in [3.63, 3.8) is 0 Å². The Labute approximate surface area is 404 Å². The minimum Gasteiger partial charge on any atom is -0.456 e. The zero-order valence-corrected chi connectivity index (χ0v) is 38.1. The summed E-state index contributed by atoms with van der Waals surface area (Å²) >= 11 is 1.85. The molecule has 0 N–H and O–H groups in total. The van der Waals surface area contributed by atoms with Gasteiger partial charge in [-0.1, -0.05) is 164 Å². The van der Waals surface area contributed by atoms with Crippen LogP contribution in [0.4, 0.5) is 0 Å². The molecule has 0 saturated heterocycles. The van der Waals surface area contributed by atoms with E-state index in [1.165, 1.54) is 30.9 Å². The second-order valence-electron chi connectivity index (χ2n) is 17.8. The highest BCUT2D eigenvalue weighted by Crippen LogP contribution is 2.46. The van der Waals surface area contributed by atoms with Gasteiger partial charge in [-0.2, -0.15) is 0 Å². The van der Waals surface area contributed by atoms with E-state index in [2.05, 4.69) is 174 Å². The van der Waals surface area contributed by atoms with Gasteiger partial charge in [0, 0.05) is 69.2 Å². The van der Waals surface area contributed by atoms with Gasteiger partial charge in [0.15, 0.2) is 23.1 Å². The third kappa shape index (κ3) is 5.89. The molecule has 0 unspecified atom stereocenters. The fourth-order valence-corrected chi connectivity index (χ4v) is 11.9. The minimum atomic E-state index is 0.572. The molecule has 6 nitrogen and oxygen atoms in total. The predicted molar refractivity (Wildman–Crippen MR) is 289 cm³/mol. The van der Waals surface area contributed by atoms with E-state index in [-0.39, 0.29) is 0 Å². The van der Waals surface area contributed by atoms with Crippen molar-refractivity contribution < 1.29 is 8.83 Å². The second-order valence-corrected chi connectivity index (χ2v) is 18.9. The molecule has 0 fully saturated rings. The smallest absolute Gasteiger partial charge is 0.164 e. The average Bonchev–Trinajstić information content (AvgIpc) is 4.20. The highest BCUT2D eigenvalue weighted by atomic mass is 32.1. The van der Waals surface area contributed by atoms with Crippen LogP contribution in [0.15, 0.2) is 227 Å². The molecule has 0 amide bonds. The van der Waals surface area contributed by atoms with Crippen molar-refractivity contribution in [1.29, 1.82) is 0 Å². The molecule has 15 rings (SSSR count). The first-order chi connectivity index (χ1) is 34.7. The van der Waals surface area contributed by atoms with Crippen LogP contribution in [0.3, 0.4) is 0 Å². The van der Waals surface area contributed by atoms with E-state index in [0.717, 1.165) is 99.5 Å². The van der Waals surface area contributed by atoms with Crippen LogP contribution in [-0.4, -0.2) is 19.5 Å². The van der Waals surface area contributed by atoms with E-state index in [9.17, 15) is 0 Å². The first-order valence-corrected chi connectivity index (χ1v) is 24.2. The Hall–Kier alpha value is -9.17. The van der Waals surface area contributed by atoms with E-state index in [0.29, 0.717) is 17.5 Å². The van der Waals surface area contributed by atoms with E-state index < -0.39 is 0 Å². The van der Waals surface area contributed by atoms with E-state index in [1.54, 1.807) is 0 Å². The standard InChI is InChI=1S/C63H36N4O2S/c1-3-14-37(15-4-1)38-28-30-40(31-29-38)62-64-61(39-16-5-2-6-17-39)65-63(66-62)46-22-13-25-52-57(46)47-36-41(32-34-51(47)68-52)42-20-12-26-53-56(42)45-21-11-24-50(60(45)69-53)67-48-23-9-7-18-43(48)58-49(67)33-35-55-59(58)44-19-8-10-27-54(44)70-55/h1-36H. The molecule has 15 aromatic rings. The van der Waals surface area contributed by atoms with Gasteiger partial charge < -0.3 is 13.4 Å². The van der Waals surface area contributed by atoms with Crippen LogP contribution in [0.1, 0.15) is 0 Å². The van der Waals surface area contributed by atoms with Gasteiger partial charge in [0.2, 0.25) is 0 Å². The summed E-state index contributed by atoms with van der Waals surface area (Å²) in [5.41, 5.74) is 13.6. The van der Waals surface area contributed by atoms with Crippen LogP contribution >= 0.6 is 11.3 Å². The van der Waals surface area contributed by atoms with Gasteiger partial charge in [0.25, 0.3) is 0 Å². The minimum absolute atomic E-state index is 0.572. The Bertz CT molecular complexity index is 4580. The van der Waals surface area contributed by atoms with E-state index in [4.69, 9.17) is 23.8 Å². The number of nitrogens with zero attached hydrogens (tertiary/aromatic N) is 4. The fraction of sp³-hybridized carbons (Fsp3) is 0. The summed E-state index contributed by atoms with van der Waals surface area (Å²) in [4.78, 5) is 15.4. The molecule has 5 aromatic heterocycles. The second kappa shape index (κ2) is 15.2. The lowest BCUT2D eigenvalue weighted by atomic mass is 9.97. The predicted octanol–water partition coefficient (Wildman–Crippen LogP) is 17.5. The van der Waals surface area contributed by atoms with Crippen LogP contribution in [-0.2, 0) is 0 Å². The molecule has 5 heterocycles. The summed E-state index contributed by atoms with van der Waals surface area (Å²) in [6, 6.07) is 76.5. The maximum absolute atomic E-state index is 6.99. The number of para-hydroxylation sites is 2. The van der Waals surface area contributed by atoms with Gasteiger partial charge in [-0.25, -0.2) is 15.0 Å². The zero-order chi connectivity index (χ0) is 45.9. The zero-order valence-electron chi connectivity index (χ0n) is 37.3. The van der Waals surface area contributed by atoms with Crippen molar-refractivity contribution in [1.82, 2.24) is 19.5 Å². The fourth-order valence-electron chi connectivity index (χ4n) is 10.7. The first-order valence-electron chi connectivity index (χ1n) is 23.4. The van der Waals surface area contributed by atoms with Gasteiger partial charge in [-0.3, -0.25) is 0 Å². The maximum Gasteiger partial charge on any atom is 0.164 e. The van der Waals surface area contributed by atoms with Crippen LogP contribution < -0.4 is 0 Å². The third-order valence-electron chi connectivity index (χ3n) is 13.9. The number of rotatable bonds is 6. The number of hydrogen-bond acceptors (Lipinski definition) is 6. The maximum atomic E-state index is 6.99. The topological polar surface area (TPSA) is 69.9 Å². The molecule has 0 aliphatic heterocycles. The van der Waals surface area contributed by atoms with Crippen molar-refractivity contribution in [3.8, 4) is 62.1 Å². The molecule has 70 heavy (non-hydrogen) atoms. The molecule has 0 radical (unpaired) electrons. The Morgan fingerprint density at radius 3 is 1.74 bits per heavy atom. The molecule has 0 bridgehead atoms. The van der Waals surface area contributed by atoms with Crippen molar-refractivity contribution in [2.75, 3.05) is 0 Å². The van der Waals surface area contributed by atoms with Crippen LogP contribution in [0, 0.1) is 0 Å². The van der Waals surface area contributed by atoms with Gasteiger partial charge in [-0.15, -0.1) is 11.3 Å². The molecule has 10 aromatic carbocycles. The lowest BCUT2D eigenvalue weighted by Gasteiger charge is -2.10. The quantitative estimate of drug-likeness (QED) is 0.166. The molecular formula is C63H36N4O2S. The van der Waals surface area contributed by atoms with Gasteiger partial charge in [0.05, 0.1) is 16.7 Å². The van der Waals surface area contributed by atoms with Crippen molar-refractivity contribution in [3.05, 3.63) is 218 Å². The third-order valence-corrected chi connectivity index (χ3v) is 15.0. The van der Waals surface area contributed by atoms with Crippen LogP contribution in [0.25, 0.3) is 148 Å². The van der Waals surface area contributed by atoms with E-state index in [1.807, 2.05) is 59.9 Å². The van der Waals surface area contributed by atoms with Crippen molar-refractivity contribution in [2.45, 2.75) is 0 Å². The number of hydrogen-bond donors (Lipinski definition) is 0. The largest absolute Gasteiger partial charge is 0.456 e. The summed E-state index contributed by atoms with van der Waals surface area (Å²) in [6.07, 6.45) is 0. The summed E-state index contributed by atoms with van der Waals surface area (Å²) < 4.78 is 18.6. The summed E-state index contributed by atoms with van der Waals surface area (Å²) in [5, 5.41) is 9.12. The Balaban J connectivity index is 0.900. The Kier molecular flexibility index (Phi) is 8.43. The lowest BCUT2D eigenvalue weighted by molar-refractivity contribution is 0.666. The van der Waals surface area contributed by atoms with Gasteiger partial charge in [-0.05, 0) is 76.9 Å². The lowest BCUT2D eigenvalue weighted by Crippen LogP contribution is -2.00. The highest BCUT2D eigenvalue weighted by Gasteiger charge is 2.23. The number of aromatic nitrogens is 4. The average molecular weight is 913 g/mol. The molecule has 0 atom stereocenters. The summed E-state index contributed by atoms with van der Waals surface area (Å²) in [5.74, 6) is 1.77. The van der Waals surface area contributed by atoms with Gasteiger partial charge >= 0.3 is 0 Å². The van der Waals surface area contributed by atoms with Gasteiger partial charge in [0.1, 0.15) is 16.7 Å². The first kappa shape index (κ1) is 38.9. The molecule has 0 saturated carbocycles. The molecular weight excluding hydrogens is 877 g/mol. The Morgan fingerprint density at radius 2 is 0.929 bits per heavy atom. The van der Waals surface area contributed by atoms with Crippen LogP contribution in [0.5, 0.6) is 0 Å². The number of furan rings is 2. The number of benzene rings is 10. The SMILES string of the molecule is c1ccc(-c2ccc(-c3nc(-c4ccccc4)nc(-c4cccc5oc6ccc(-c7cccc8oc9c(-n%10c%11ccccc%11c%11c%12c(ccc%11%10)sc%10ccccc%10%12)cccc9c78)cc6c45)n3)cc2)cc1. The number of thiophene rings is 1. The van der Waals surface area contributed by atoms with E-state index >= 15 is 0 Å². The summed E-state index contributed by atoms with van der Waals surface area (Å²) in [6.45, 7) is 0. The van der Waals surface area contributed by atoms with Crippen LogP contribution in [0.2, 0.25) is 0 Å². The summed E-state index contributed by atoms with van der Waals surface area (Å²) in [7, 11) is 0. The Morgan fingerprint density at radius 1 is 0.329 bits per heavy atom.